The molecule has 8 aromatic carbocycles. The van der Waals surface area contributed by atoms with E-state index in [1.165, 1.54) is 53.2 Å². The van der Waals surface area contributed by atoms with Crippen molar-refractivity contribution in [3.8, 4) is 22.3 Å². The van der Waals surface area contributed by atoms with Gasteiger partial charge in [-0.3, -0.25) is 0 Å². The smallest absolute Gasteiger partial charge is 0.137 e. The van der Waals surface area contributed by atoms with E-state index in [9.17, 15) is 0 Å². The second-order valence-corrected chi connectivity index (χ2v) is 13.6. The maximum Gasteiger partial charge on any atom is 0.137 e. The summed E-state index contributed by atoms with van der Waals surface area (Å²) in [5.74, 6) is 0. The van der Waals surface area contributed by atoms with Gasteiger partial charge in [-0.1, -0.05) is 121 Å². The molecule has 2 nitrogen and oxygen atoms in total. The van der Waals surface area contributed by atoms with Crippen LogP contribution in [0.4, 0.5) is 17.1 Å². The highest BCUT2D eigenvalue weighted by Gasteiger charge is 2.21. The minimum absolute atomic E-state index is 0.872. The van der Waals surface area contributed by atoms with Gasteiger partial charge in [0, 0.05) is 53.9 Å². The second-order valence-electron chi connectivity index (χ2n) is 12.5. The van der Waals surface area contributed by atoms with Crippen molar-refractivity contribution in [2.24, 2.45) is 0 Å². The van der Waals surface area contributed by atoms with Crippen molar-refractivity contribution in [3.63, 3.8) is 0 Å². The number of hydrogen-bond donors (Lipinski definition) is 0. The Hall–Kier alpha value is -6.16. The van der Waals surface area contributed by atoms with Crippen molar-refractivity contribution < 1.29 is 4.42 Å². The number of thiophene rings is 1. The first-order valence-corrected chi connectivity index (χ1v) is 17.4. The Kier molecular flexibility index (Phi) is 6.39. The summed E-state index contributed by atoms with van der Waals surface area (Å²) in [6, 6.07) is 63.3. The SMILES string of the molecule is c1cc(-c2cccc3sc4ccccc4c23)cc(N(c2ccc3c(c2)oc2ccccc23)c2ccccc2-c2cccc3ccccc23)c1. The standard InChI is InChI=1S/C46H29NOS/c1-2-16-34-30(12-1)13-10-21-36(34)37-17-3-6-22-41(37)47(33-26-27-39-38-18-4-7-23-42(38)48-43(39)29-33)32-15-9-14-31(28-32)35-20-11-25-45-46(35)40-19-5-8-24-44(40)49-45/h1-29H. The molecule has 0 saturated carbocycles. The van der Waals surface area contributed by atoms with Crippen LogP contribution in [0.2, 0.25) is 0 Å². The highest BCUT2D eigenvalue weighted by atomic mass is 32.1. The fourth-order valence-corrected chi connectivity index (χ4v) is 8.60. The Morgan fingerprint density at radius 1 is 0.408 bits per heavy atom. The molecule has 0 aliphatic carbocycles. The van der Waals surface area contributed by atoms with Gasteiger partial charge in [0.25, 0.3) is 0 Å². The van der Waals surface area contributed by atoms with Crippen LogP contribution < -0.4 is 4.90 Å². The lowest BCUT2D eigenvalue weighted by molar-refractivity contribution is 0.669. The van der Waals surface area contributed by atoms with E-state index in [1.807, 2.05) is 23.5 Å². The number of furan rings is 1. The molecule has 0 amide bonds. The number of benzene rings is 8. The van der Waals surface area contributed by atoms with E-state index in [0.29, 0.717) is 0 Å². The molecular weight excluding hydrogens is 615 g/mol. The Balaban J connectivity index is 1.22. The van der Waals surface area contributed by atoms with E-state index < -0.39 is 0 Å². The lowest BCUT2D eigenvalue weighted by atomic mass is 9.95. The fraction of sp³-hybridized carbons (Fsp3) is 0. The summed E-state index contributed by atoms with van der Waals surface area (Å²) < 4.78 is 9.05. The van der Waals surface area contributed by atoms with Crippen LogP contribution in [-0.4, -0.2) is 0 Å². The highest BCUT2D eigenvalue weighted by Crippen LogP contribution is 2.46. The van der Waals surface area contributed by atoms with Crippen molar-refractivity contribution in [2.75, 3.05) is 4.90 Å². The maximum absolute atomic E-state index is 6.44. The number of fused-ring (bicyclic) bond motifs is 7. The lowest BCUT2D eigenvalue weighted by Gasteiger charge is -2.28. The van der Waals surface area contributed by atoms with Crippen molar-refractivity contribution in [2.45, 2.75) is 0 Å². The number of hydrogen-bond acceptors (Lipinski definition) is 3. The van der Waals surface area contributed by atoms with Crippen LogP contribution in [0.5, 0.6) is 0 Å². The Bertz CT molecular complexity index is 2850. The number of anilines is 3. The van der Waals surface area contributed by atoms with Gasteiger partial charge in [-0.05, 0) is 76.0 Å². The van der Waals surface area contributed by atoms with E-state index in [-0.39, 0.29) is 0 Å². The van der Waals surface area contributed by atoms with Crippen molar-refractivity contribution in [3.05, 3.63) is 176 Å². The minimum atomic E-state index is 0.872. The number of nitrogens with zero attached hydrogens (tertiary/aromatic N) is 1. The first-order chi connectivity index (χ1) is 24.3. The van der Waals surface area contributed by atoms with Gasteiger partial charge in [-0.2, -0.15) is 0 Å². The van der Waals surface area contributed by atoms with Crippen LogP contribution in [0.1, 0.15) is 0 Å². The summed E-state index contributed by atoms with van der Waals surface area (Å²) in [7, 11) is 0. The third-order valence-corrected chi connectivity index (χ3v) is 10.8. The lowest BCUT2D eigenvalue weighted by Crippen LogP contribution is -2.11. The molecule has 0 spiro atoms. The molecule has 0 N–H and O–H groups in total. The molecule has 10 rings (SSSR count). The van der Waals surface area contributed by atoms with Crippen LogP contribution in [0.25, 0.3) is 75.1 Å². The van der Waals surface area contributed by atoms with Crippen molar-refractivity contribution >= 4 is 81.3 Å². The van der Waals surface area contributed by atoms with Crippen LogP contribution >= 0.6 is 11.3 Å². The second kappa shape index (κ2) is 11.2. The van der Waals surface area contributed by atoms with Gasteiger partial charge in [-0.15, -0.1) is 11.3 Å². The first kappa shape index (κ1) is 27.9. The third kappa shape index (κ3) is 4.55. The summed E-state index contributed by atoms with van der Waals surface area (Å²) in [6.45, 7) is 0. The molecule has 2 aromatic heterocycles. The molecule has 3 heteroatoms. The number of rotatable bonds is 5. The zero-order valence-electron chi connectivity index (χ0n) is 26.5. The highest BCUT2D eigenvalue weighted by molar-refractivity contribution is 7.25. The summed E-state index contributed by atoms with van der Waals surface area (Å²) in [6.07, 6.45) is 0. The Morgan fingerprint density at radius 3 is 2.02 bits per heavy atom. The fourth-order valence-electron chi connectivity index (χ4n) is 7.47. The number of para-hydroxylation sites is 2. The summed E-state index contributed by atoms with van der Waals surface area (Å²) in [5.41, 5.74) is 9.79. The van der Waals surface area contributed by atoms with Gasteiger partial charge in [0.15, 0.2) is 0 Å². The molecule has 0 aliphatic rings. The molecule has 230 valence electrons. The summed E-state index contributed by atoms with van der Waals surface area (Å²) in [5, 5.41) is 7.32. The largest absolute Gasteiger partial charge is 0.456 e. The predicted octanol–water partition coefficient (Wildman–Crippen LogP) is 13.9. The van der Waals surface area contributed by atoms with Crippen LogP contribution in [-0.2, 0) is 0 Å². The topological polar surface area (TPSA) is 16.4 Å². The van der Waals surface area contributed by atoms with Crippen molar-refractivity contribution in [1.29, 1.82) is 0 Å². The van der Waals surface area contributed by atoms with E-state index in [4.69, 9.17) is 4.42 Å². The van der Waals surface area contributed by atoms with Crippen LogP contribution in [0, 0.1) is 0 Å². The van der Waals surface area contributed by atoms with Crippen LogP contribution in [0.15, 0.2) is 180 Å². The molecule has 0 atom stereocenters. The average Bonchev–Trinajstić information content (AvgIpc) is 3.73. The average molecular weight is 644 g/mol. The molecule has 0 fully saturated rings. The molecule has 0 bridgehead atoms. The Labute approximate surface area is 287 Å². The molecule has 0 unspecified atom stereocenters. The quantitative estimate of drug-likeness (QED) is 0.186. The van der Waals surface area contributed by atoms with Gasteiger partial charge in [0.2, 0.25) is 0 Å². The van der Waals surface area contributed by atoms with Crippen molar-refractivity contribution in [1.82, 2.24) is 0 Å². The molecule has 2 heterocycles. The molecule has 10 aromatic rings. The molecular formula is C46H29NOS. The third-order valence-electron chi connectivity index (χ3n) is 9.66. The predicted molar refractivity (Wildman–Crippen MR) is 210 cm³/mol. The zero-order valence-corrected chi connectivity index (χ0v) is 27.3. The minimum Gasteiger partial charge on any atom is -0.456 e. The normalized spacial score (nSPS) is 11.7. The summed E-state index contributed by atoms with van der Waals surface area (Å²) in [4.78, 5) is 2.39. The molecule has 0 radical (unpaired) electrons. The van der Waals surface area contributed by atoms with Gasteiger partial charge in [-0.25, -0.2) is 0 Å². The Morgan fingerprint density at radius 2 is 1.06 bits per heavy atom. The van der Waals surface area contributed by atoms with Gasteiger partial charge in [0.1, 0.15) is 11.2 Å². The maximum atomic E-state index is 6.44. The molecule has 0 saturated heterocycles. The van der Waals surface area contributed by atoms with Gasteiger partial charge in [0.05, 0.1) is 5.69 Å². The molecule has 49 heavy (non-hydrogen) atoms. The van der Waals surface area contributed by atoms with Gasteiger partial charge >= 0.3 is 0 Å². The first-order valence-electron chi connectivity index (χ1n) is 16.6. The van der Waals surface area contributed by atoms with E-state index in [1.54, 1.807) is 0 Å². The monoisotopic (exact) mass is 643 g/mol. The van der Waals surface area contributed by atoms with Crippen LogP contribution in [0.3, 0.4) is 0 Å². The van der Waals surface area contributed by atoms with E-state index >= 15 is 0 Å². The van der Waals surface area contributed by atoms with E-state index in [2.05, 4.69) is 169 Å². The molecule has 0 aliphatic heterocycles. The van der Waals surface area contributed by atoms with Gasteiger partial charge < -0.3 is 9.32 Å². The summed E-state index contributed by atoms with van der Waals surface area (Å²) >= 11 is 1.86. The zero-order chi connectivity index (χ0) is 32.3. The van der Waals surface area contributed by atoms with E-state index in [0.717, 1.165) is 39.0 Å².